The van der Waals surface area contributed by atoms with Crippen LogP contribution >= 0.6 is 0 Å². The lowest BCUT2D eigenvalue weighted by molar-refractivity contribution is -0.124. The van der Waals surface area contributed by atoms with Crippen molar-refractivity contribution in [1.29, 1.82) is 0 Å². The van der Waals surface area contributed by atoms with E-state index in [0.717, 1.165) is 12.8 Å². The van der Waals surface area contributed by atoms with Gasteiger partial charge in [0.15, 0.2) is 6.61 Å². The molecule has 1 aliphatic rings. The predicted molar refractivity (Wildman–Crippen MR) is 90.6 cm³/mol. The highest BCUT2D eigenvalue weighted by molar-refractivity contribution is 5.94. The molecule has 0 atom stereocenters. The van der Waals surface area contributed by atoms with E-state index in [0.29, 0.717) is 23.7 Å². The summed E-state index contributed by atoms with van der Waals surface area (Å²) in [6.07, 6.45) is 6.02. The summed E-state index contributed by atoms with van der Waals surface area (Å²) in [5.41, 5.74) is 0.806. The zero-order valence-corrected chi connectivity index (χ0v) is 14.0. The highest BCUT2D eigenvalue weighted by Gasteiger charge is 2.15. The fourth-order valence-electron chi connectivity index (χ4n) is 2.84. The van der Waals surface area contributed by atoms with Crippen molar-refractivity contribution in [1.82, 2.24) is 5.32 Å². The zero-order chi connectivity index (χ0) is 17.4. The molecule has 0 heterocycles. The first-order valence-corrected chi connectivity index (χ1v) is 8.36. The van der Waals surface area contributed by atoms with Gasteiger partial charge in [0.25, 0.3) is 5.91 Å². The number of hydrogen-bond acceptors (Lipinski definition) is 4. The molecule has 6 nitrogen and oxygen atoms in total. The average Bonchev–Trinajstić information content (AvgIpc) is 2.58. The Hall–Kier alpha value is -2.37. The van der Waals surface area contributed by atoms with E-state index in [1.54, 1.807) is 18.2 Å². The van der Waals surface area contributed by atoms with Crippen molar-refractivity contribution < 1.29 is 19.1 Å². The Kier molecular flexibility index (Phi) is 6.78. The maximum atomic E-state index is 12.0. The van der Waals surface area contributed by atoms with Crippen LogP contribution in [0.3, 0.4) is 0 Å². The molecule has 2 rings (SSSR count). The Morgan fingerprint density at radius 1 is 1.17 bits per heavy atom. The van der Waals surface area contributed by atoms with Crippen LogP contribution in [-0.4, -0.2) is 30.9 Å². The van der Waals surface area contributed by atoms with Crippen molar-refractivity contribution in [3.05, 3.63) is 29.8 Å². The van der Waals surface area contributed by atoms with Crippen LogP contribution in [0.15, 0.2) is 24.3 Å². The van der Waals surface area contributed by atoms with Crippen molar-refractivity contribution >= 4 is 23.5 Å². The summed E-state index contributed by atoms with van der Waals surface area (Å²) in [6.45, 7) is 1.74. The number of nitrogens with one attached hydrogen (secondary N) is 2. The molecule has 1 fully saturated rings. The molecule has 24 heavy (non-hydrogen) atoms. The van der Waals surface area contributed by atoms with Gasteiger partial charge in [0.05, 0.1) is 5.56 Å². The molecule has 2 N–H and O–H groups in total. The van der Waals surface area contributed by atoms with Crippen LogP contribution in [0.2, 0.25) is 0 Å². The minimum atomic E-state index is -0.588. The molecular formula is C18H24N2O4. The molecule has 1 saturated carbocycles. The van der Waals surface area contributed by atoms with Gasteiger partial charge in [0.1, 0.15) is 0 Å². The molecule has 130 valence electrons. The molecule has 1 aromatic carbocycles. The van der Waals surface area contributed by atoms with Crippen molar-refractivity contribution in [3.63, 3.8) is 0 Å². The molecule has 1 aromatic rings. The summed E-state index contributed by atoms with van der Waals surface area (Å²) in [4.78, 5) is 34.8. The maximum Gasteiger partial charge on any atom is 0.338 e. The third-order valence-electron chi connectivity index (χ3n) is 4.07. The van der Waals surface area contributed by atoms with Gasteiger partial charge in [-0.05, 0) is 37.0 Å². The standard InChI is InChI=1S/C18H24N2O4/c1-13(21)20-16-9-5-8-15(10-16)18(23)24-12-17(22)19-11-14-6-3-2-4-7-14/h5,8-10,14H,2-4,6-7,11-12H2,1H3,(H,19,22)(H,20,21). The molecule has 0 unspecified atom stereocenters. The van der Waals surface area contributed by atoms with Crippen LogP contribution in [0.1, 0.15) is 49.4 Å². The normalized spacial score (nSPS) is 14.7. The summed E-state index contributed by atoms with van der Waals surface area (Å²) in [5, 5.41) is 5.42. The first kappa shape index (κ1) is 18.0. The van der Waals surface area contributed by atoms with Crippen molar-refractivity contribution in [3.8, 4) is 0 Å². The second kappa shape index (κ2) is 9.05. The molecule has 0 spiro atoms. The van der Waals surface area contributed by atoms with E-state index in [-0.39, 0.29) is 18.4 Å². The van der Waals surface area contributed by atoms with Crippen LogP contribution in [0, 0.1) is 5.92 Å². The van der Waals surface area contributed by atoms with E-state index in [2.05, 4.69) is 10.6 Å². The third kappa shape index (κ3) is 6.02. The monoisotopic (exact) mass is 332 g/mol. The first-order chi connectivity index (χ1) is 11.5. The molecule has 0 aromatic heterocycles. The number of hydrogen-bond donors (Lipinski definition) is 2. The summed E-state index contributed by atoms with van der Waals surface area (Å²) in [7, 11) is 0. The van der Waals surface area contributed by atoms with Crippen LogP contribution in [0.5, 0.6) is 0 Å². The van der Waals surface area contributed by atoms with Crippen LogP contribution in [0.25, 0.3) is 0 Å². The van der Waals surface area contributed by atoms with E-state index >= 15 is 0 Å². The Labute approximate surface area is 142 Å². The zero-order valence-electron chi connectivity index (χ0n) is 14.0. The minimum absolute atomic E-state index is 0.220. The predicted octanol–water partition coefficient (Wildman–Crippen LogP) is 2.50. The molecule has 2 amide bonds. The topological polar surface area (TPSA) is 84.5 Å². The summed E-state index contributed by atoms with van der Waals surface area (Å²) >= 11 is 0. The molecular weight excluding hydrogens is 308 g/mol. The van der Waals surface area contributed by atoms with Crippen LogP contribution < -0.4 is 10.6 Å². The maximum absolute atomic E-state index is 12.0. The van der Waals surface area contributed by atoms with Gasteiger partial charge in [0, 0.05) is 19.2 Å². The Morgan fingerprint density at radius 2 is 1.92 bits per heavy atom. The second-order valence-corrected chi connectivity index (χ2v) is 6.15. The third-order valence-corrected chi connectivity index (χ3v) is 4.07. The van der Waals surface area contributed by atoms with Gasteiger partial charge < -0.3 is 15.4 Å². The number of anilines is 1. The van der Waals surface area contributed by atoms with E-state index in [1.165, 1.54) is 32.3 Å². The Morgan fingerprint density at radius 3 is 2.62 bits per heavy atom. The number of esters is 1. The number of carbonyl (C=O) groups is 3. The lowest BCUT2D eigenvalue weighted by atomic mass is 9.89. The van der Waals surface area contributed by atoms with E-state index in [4.69, 9.17) is 4.74 Å². The van der Waals surface area contributed by atoms with Gasteiger partial charge in [0.2, 0.25) is 5.91 Å². The smallest absolute Gasteiger partial charge is 0.338 e. The minimum Gasteiger partial charge on any atom is -0.452 e. The Bertz CT molecular complexity index is 594. The summed E-state index contributed by atoms with van der Waals surface area (Å²) in [5.74, 6) is -0.558. The second-order valence-electron chi connectivity index (χ2n) is 6.15. The fourth-order valence-corrected chi connectivity index (χ4v) is 2.84. The highest BCUT2D eigenvalue weighted by Crippen LogP contribution is 2.22. The van der Waals surface area contributed by atoms with Crippen LogP contribution in [0.4, 0.5) is 5.69 Å². The quantitative estimate of drug-likeness (QED) is 0.784. The number of carbonyl (C=O) groups excluding carboxylic acids is 3. The molecule has 0 aliphatic heterocycles. The van der Waals surface area contributed by atoms with Crippen molar-refractivity contribution in [2.75, 3.05) is 18.5 Å². The first-order valence-electron chi connectivity index (χ1n) is 8.36. The van der Waals surface area contributed by atoms with Crippen LogP contribution in [-0.2, 0) is 14.3 Å². The van der Waals surface area contributed by atoms with Gasteiger partial charge in [-0.3, -0.25) is 9.59 Å². The lowest BCUT2D eigenvalue weighted by Gasteiger charge is -2.21. The largest absolute Gasteiger partial charge is 0.452 e. The highest BCUT2D eigenvalue weighted by atomic mass is 16.5. The summed E-state index contributed by atoms with van der Waals surface area (Å²) < 4.78 is 5.03. The number of benzene rings is 1. The lowest BCUT2D eigenvalue weighted by Crippen LogP contribution is -2.33. The van der Waals surface area contributed by atoms with E-state index in [1.807, 2.05) is 0 Å². The molecule has 0 radical (unpaired) electrons. The average molecular weight is 332 g/mol. The van der Waals surface area contributed by atoms with E-state index in [9.17, 15) is 14.4 Å². The molecule has 0 saturated heterocycles. The number of amides is 2. The molecule has 0 bridgehead atoms. The van der Waals surface area contributed by atoms with Gasteiger partial charge in [-0.2, -0.15) is 0 Å². The van der Waals surface area contributed by atoms with Crippen molar-refractivity contribution in [2.45, 2.75) is 39.0 Å². The Balaban J connectivity index is 1.75. The number of rotatable bonds is 6. The number of ether oxygens (including phenoxy) is 1. The van der Waals surface area contributed by atoms with Gasteiger partial charge in [-0.1, -0.05) is 25.3 Å². The summed E-state index contributed by atoms with van der Waals surface area (Å²) in [6, 6.07) is 6.41. The van der Waals surface area contributed by atoms with Gasteiger partial charge in [-0.15, -0.1) is 0 Å². The van der Waals surface area contributed by atoms with Gasteiger partial charge in [-0.25, -0.2) is 4.79 Å². The fraction of sp³-hybridized carbons (Fsp3) is 0.500. The van der Waals surface area contributed by atoms with Crippen molar-refractivity contribution in [2.24, 2.45) is 5.92 Å². The van der Waals surface area contributed by atoms with Gasteiger partial charge >= 0.3 is 5.97 Å². The van der Waals surface area contributed by atoms with E-state index < -0.39 is 5.97 Å². The molecule has 6 heteroatoms. The SMILES string of the molecule is CC(=O)Nc1cccc(C(=O)OCC(=O)NCC2CCCCC2)c1. The molecule has 1 aliphatic carbocycles.